The Kier molecular flexibility index (Phi) is 5.20. The van der Waals surface area contributed by atoms with Gasteiger partial charge in [-0.1, -0.05) is 6.07 Å². The van der Waals surface area contributed by atoms with Crippen molar-refractivity contribution in [3.8, 4) is 5.75 Å². The number of rotatable bonds is 5. The summed E-state index contributed by atoms with van der Waals surface area (Å²) in [6.45, 7) is 0. The van der Waals surface area contributed by atoms with Crippen LogP contribution in [0.2, 0.25) is 0 Å². The number of anilines is 1. The average molecular weight is 352 g/mol. The zero-order valence-electron chi connectivity index (χ0n) is 13.4. The number of benzene rings is 2. The molecule has 6 nitrogen and oxygen atoms in total. The van der Waals surface area contributed by atoms with Gasteiger partial charge in [0.1, 0.15) is 11.6 Å². The Morgan fingerprint density at radius 1 is 1.17 bits per heavy atom. The van der Waals surface area contributed by atoms with Crippen molar-refractivity contribution in [1.29, 1.82) is 0 Å². The van der Waals surface area contributed by atoms with Gasteiger partial charge < -0.3 is 10.1 Å². The minimum atomic E-state index is -3.67. The van der Waals surface area contributed by atoms with E-state index in [9.17, 15) is 17.6 Å². The number of sulfonamides is 1. The number of hydrogen-bond acceptors (Lipinski definition) is 4. The van der Waals surface area contributed by atoms with Gasteiger partial charge in [-0.15, -0.1) is 0 Å². The Hall–Kier alpha value is -2.45. The van der Waals surface area contributed by atoms with Crippen LogP contribution in [-0.4, -0.2) is 39.8 Å². The number of halogens is 1. The molecular weight excluding hydrogens is 335 g/mol. The van der Waals surface area contributed by atoms with Crippen molar-refractivity contribution in [3.63, 3.8) is 0 Å². The van der Waals surface area contributed by atoms with E-state index in [1.54, 1.807) is 0 Å². The molecule has 1 amide bonds. The Labute approximate surface area is 139 Å². The molecular formula is C16H17FN2O4S. The molecule has 0 atom stereocenters. The van der Waals surface area contributed by atoms with Gasteiger partial charge in [0.05, 0.1) is 17.7 Å². The molecule has 8 heteroatoms. The van der Waals surface area contributed by atoms with Crippen molar-refractivity contribution in [3.05, 3.63) is 53.8 Å². The number of carbonyl (C=O) groups is 1. The van der Waals surface area contributed by atoms with Gasteiger partial charge in [-0.05, 0) is 36.4 Å². The molecule has 0 saturated carbocycles. The summed E-state index contributed by atoms with van der Waals surface area (Å²) >= 11 is 0. The van der Waals surface area contributed by atoms with Crippen molar-refractivity contribution >= 4 is 21.6 Å². The fraction of sp³-hybridized carbons (Fsp3) is 0.188. The standard InChI is InChI=1S/C16H17FN2O4S/c1-19(2)24(21,22)13-7-8-15(23-3)14(10-13)18-16(20)11-5-4-6-12(17)9-11/h4-10H,1-3H3,(H,18,20). The summed E-state index contributed by atoms with van der Waals surface area (Å²) in [4.78, 5) is 12.2. The van der Waals surface area contributed by atoms with E-state index in [4.69, 9.17) is 4.74 Å². The number of nitrogens with one attached hydrogen (secondary N) is 1. The largest absolute Gasteiger partial charge is 0.495 e. The lowest BCUT2D eigenvalue weighted by molar-refractivity contribution is 0.102. The van der Waals surface area contributed by atoms with Crippen LogP contribution in [-0.2, 0) is 10.0 Å². The molecule has 0 heterocycles. The van der Waals surface area contributed by atoms with Gasteiger partial charge in [-0.25, -0.2) is 17.1 Å². The van der Waals surface area contributed by atoms with E-state index in [0.29, 0.717) is 0 Å². The van der Waals surface area contributed by atoms with Gasteiger partial charge in [-0.3, -0.25) is 4.79 Å². The van der Waals surface area contributed by atoms with E-state index in [2.05, 4.69) is 5.32 Å². The first-order chi connectivity index (χ1) is 11.3. The molecule has 0 radical (unpaired) electrons. The lowest BCUT2D eigenvalue weighted by atomic mass is 10.2. The molecule has 2 rings (SSSR count). The van der Waals surface area contributed by atoms with Crippen molar-refractivity contribution in [1.82, 2.24) is 4.31 Å². The Bertz CT molecular complexity index is 866. The molecule has 0 unspecified atom stereocenters. The maximum Gasteiger partial charge on any atom is 0.255 e. The maximum absolute atomic E-state index is 13.2. The number of nitrogens with zero attached hydrogens (tertiary/aromatic N) is 1. The highest BCUT2D eigenvalue weighted by molar-refractivity contribution is 7.89. The smallest absolute Gasteiger partial charge is 0.255 e. The number of ether oxygens (including phenoxy) is 1. The van der Waals surface area contributed by atoms with Gasteiger partial charge in [0.25, 0.3) is 5.91 Å². The van der Waals surface area contributed by atoms with Gasteiger partial charge in [0.2, 0.25) is 10.0 Å². The minimum absolute atomic E-state index is 0.00263. The van der Waals surface area contributed by atoms with E-state index in [-0.39, 0.29) is 21.9 Å². The molecule has 0 aromatic heterocycles. The summed E-state index contributed by atoms with van der Waals surface area (Å²) in [5.41, 5.74) is 0.285. The van der Waals surface area contributed by atoms with Crippen molar-refractivity contribution in [2.75, 3.05) is 26.5 Å². The molecule has 2 aromatic carbocycles. The van der Waals surface area contributed by atoms with Crippen molar-refractivity contribution in [2.24, 2.45) is 0 Å². The highest BCUT2D eigenvalue weighted by Crippen LogP contribution is 2.29. The van der Waals surface area contributed by atoms with Crippen molar-refractivity contribution in [2.45, 2.75) is 4.90 Å². The third-order valence-electron chi connectivity index (χ3n) is 3.28. The molecule has 0 saturated heterocycles. The summed E-state index contributed by atoms with van der Waals surface area (Å²) in [6.07, 6.45) is 0. The fourth-order valence-electron chi connectivity index (χ4n) is 1.98. The van der Waals surface area contributed by atoms with Crippen LogP contribution in [0, 0.1) is 5.82 Å². The highest BCUT2D eigenvalue weighted by atomic mass is 32.2. The van der Waals surface area contributed by atoms with Gasteiger partial charge in [0, 0.05) is 19.7 Å². The summed E-state index contributed by atoms with van der Waals surface area (Å²) < 4.78 is 43.8. The second-order valence-electron chi connectivity index (χ2n) is 5.11. The quantitative estimate of drug-likeness (QED) is 0.896. The normalized spacial score (nSPS) is 11.4. The molecule has 0 aliphatic rings. The fourth-order valence-corrected chi connectivity index (χ4v) is 2.91. The third kappa shape index (κ3) is 3.72. The third-order valence-corrected chi connectivity index (χ3v) is 5.10. The highest BCUT2D eigenvalue weighted by Gasteiger charge is 2.20. The van der Waals surface area contributed by atoms with E-state index in [0.717, 1.165) is 10.4 Å². The second-order valence-corrected chi connectivity index (χ2v) is 7.27. The van der Waals surface area contributed by atoms with Crippen LogP contribution in [0.5, 0.6) is 5.75 Å². The summed E-state index contributed by atoms with van der Waals surface area (Å²) in [5, 5.41) is 2.54. The Morgan fingerprint density at radius 2 is 1.88 bits per heavy atom. The maximum atomic E-state index is 13.2. The van der Waals surface area contributed by atoms with Crippen LogP contribution >= 0.6 is 0 Å². The molecule has 0 aliphatic carbocycles. The first-order valence-corrected chi connectivity index (χ1v) is 8.37. The van der Waals surface area contributed by atoms with Crippen LogP contribution in [0.15, 0.2) is 47.4 Å². The average Bonchev–Trinajstić information content (AvgIpc) is 2.54. The molecule has 0 spiro atoms. The van der Waals surface area contributed by atoms with Gasteiger partial charge >= 0.3 is 0 Å². The Balaban J connectivity index is 2.40. The predicted molar refractivity (Wildman–Crippen MR) is 88.2 cm³/mol. The summed E-state index contributed by atoms with van der Waals surface area (Å²) in [6, 6.07) is 9.29. The molecule has 2 aromatic rings. The zero-order valence-corrected chi connectivity index (χ0v) is 14.2. The van der Waals surface area contributed by atoms with Crippen LogP contribution < -0.4 is 10.1 Å². The van der Waals surface area contributed by atoms with Crippen LogP contribution in [0.25, 0.3) is 0 Å². The summed E-state index contributed by atoms with van der Waals surface area (Å²) in [7, 11) is 0.546. The number of carbonyl (C=O) groups excluding carboxylic acids is 1. The van der Waals surface area contributed by atoms with Crippen LogP contribution in [0.1, 0.15) is 10.4 Å². The van der Waals surface area contributed by atoms with E-state index < -0.39 is 21.7 Å². The Morgan fingerprint density at radius 3 is 2.46 bits per heavy atom. The first kappa shape index (κ1) is 17.9. The number of amides is 1. The molecule has 0 fully saturated rings. The first-order valence-electron chi connectivity index (χ1n) is 6.93. The molecule has 24 heavy (non-hydrogen) atoms. The van der Waals surface area contributed by atoms with Gasteiger partial charge in [0.15, 0.2) is 0 Å². The van der Waals surface area contributed by atoms with Crippen LogP contribution in [0.3, 0.4) is 0 Å². The van der Waals surface area contributed by atoms with E-state index in [1.807, 2.05) is 0 Å². The van der Waals surface area contributed by atoms with Crippen LogP contribution in [0.4, 0.5) is 10.1 Å². The predicted octanol–water partition coefficient (Wildman–Crippen LogP) is 2.34. The van der Waals surface area contributed by atoms with Crippen molar-refractivity contribution < 1.29 is 22.3 Å². The topological polar surface area (TPSA) is 75.7 Å². The summed E-state index contributed by atoms with van der Waals surface area (Å²) in [5.74, 6) is -0.830. The number of methoxy groups -OCH3 is 1. The molecule has 0 aliphatic heterocycles. The second kappa shape index (κ2) is 6.98. The molecule has 1 N–H and O–H groups in total. The van der Waals surface area contributed by atoms with E-state index >= 15 is 0 Å². The monoisotopic (exact) mass is 352 g/mol. The number of hydrogen-bond donors (Lipinski definition) is 1. The molecule has 128 valence electrons. The lowest BCUT2D eigenvalue weighted by Crippen LogP contribution is -2.22. The molecule has 0 bridgehead atoms. The minimum Gasteiger partial charge on any atom is -0.495 e. The SMILES string of the molecule is COc1ccc(S(=O)(=O)N(C)C)cc1NC(=O)c1cccc(F)c1. The van der Waals surface area contributed by atoms with Gasteiger partial charge in [-0.2, -0.15) is 0 Å². The van der Waals surface area contributed by atoms with E-state index in [1.165, 1.54) is 57.6 Å². The zero-order chi connectivity index (χ0) is 17.9. The lowest BCUT2D eigenvalue weighted by Gasteiger charge is -2.15.